The van der Waals surface area contributed by atoms with E-state index >= 15 is 0 Å². The van der Waals surface area contributed by atoms with Crippen LogP contribution in [-0.2, 0) is 13.0 Å². The zero-order chi connectivity index (χ0) is 13.0. The number of aryl methyl sites for hydroxylation is 1. The Bertz CT molecular complexity index is 489. The molecule has 0 saturated heterocycles. The number of nitrogens with one attached hydrogen (secondary N) is 1. The van der Waals surface area contributed by atoms with E-state index in [4.69, 9.17) is 4.42 Å². The molecule has 2 nitrogen and oxygen atoms in total. The molecule has 1 aromatic heterocycles. The van der Waals surface area contributed by atoms with Crippen LogP contribution in [0.1, 0.15) is 36.8 Å². The zero-order valence-electron chi connectivity index (χ0n) is 10.7. The lowest BCUT2D eigenvalue weighted by atomic mass is 10.1. The third-order valence-corrected chi connectivity index (χ3v) is 3.49. The van der Waals surface area contributed by atoms with E-state index in [1.807, 2.05) is 12.1 Å². The minimum Gasteiger partial charge on any atom is -0.453 e. The van der Waals surface area contributed by atoms with E-state index < -0.39 is 0 Å². The van der Waals surface area contributed by atoms with Crippen molar-refractivity contribution < 1.29 is 4.42 Å². The topological polar surface area (TPSA) is 25.2 Å². The smallest absolute Gasteiger partial charge is 0.169 e. The zero-order valence-corrected chi connectivity index (χ0v) is 12.3. The average molecular weight is 308 g/mol. The van der Waals surface area contributed by atoms with Gasteiger partial charge in [-0.05, 0) is 52.5 Å². The Labute approximate surface area is 117 Å². The molecule has 0 amide bonds. The highest BCUT2D eigenvalue weighted by Gasteiger charge is 2.08. The van der Waals surface area contributed by atoms with Crippen molar-refractivity contribution >= 4 is 15.9 Å². The Hall–Kier alpha value is -1.06. The molecule has 0 aliphatic carbocycles. The maximum absolute atomic E-state index is 5.52. The molecule has 0 radical (unpaired) electrons. The number of halogens is 1. The van der Waals surface area contributed by atoms with E-state index in [1.54, 1.807) is 0 Å². The Morgan fingerprint density at radius 3 is 2.33 bits per heavy atom. The van der Waals surface area contributed by atoms with Gasteiger partial charge in [0, 0.05) is 6.54 Å². The maximum atomic E-state index is 5.52. The van der Waals surface area contributed by atoms with Gasteiger partial charge in [0.25, 0.3) is 0 Å². The Kier molecular flexibility index (Phi) is 4.61. The van der Waals surface area contributed by atoms with E-state index in [9.17, 15) is 0 Å². The van der Waals surface area contributed by atoms with Gasteiger partial charge in [-0.2, -0.15) is 0 Å². The first-order valence-corrected chi connectivity index (χ1v) is 7.04. The Balaban J connectivity index is 1.90. The van der Waals surface area contributed by atoms with Crippen molar-refractivity contribution in [1.29, 1.82) is 0 Å². The van der Waals surface area contributed by atoms with Gasteiger partial charge < -0.3 is 9.73 Å². The third kappa shape index (κ3) is 3.47. The van der Waals surface area contributed by atoms with Gasteiger partial charge in [-0.25, -0.2) is 0 Å². The maximum Gasteiger partial charge on any atom is 0.169 e. The third-order valence-electron chi connectivity index (χ3n) is 3.06. The summed E-state index contributed by atoms with van der Waals surface area (Å²) in [4.78, 5) is 0. The summed E-state index contributed by atoms with van der Waals surface area (Å²) >= 11 is 3.32. The molecule has 2 rings (SSSR count). The normalized spacial score (nSPS) is 12.6. The van der Waals surface area contributed by atoms with Crippen molar-refractivity contribution in [3.63, 3.8) is 0 Å². The summed E-state index contributed by atoms with van der Waals surface area (Å²) in [6, 6.07) is 12.8. The van der Waals surface area contributed by atoms with Gasteiger partial charge in [-0.1, -0.05) is 31.2 Å². The van der Waals surface area contributed by atoms with E-state index in [0.717, 1.165) is 23.4 Å². The molecule has 1 unspecified atom stereocenters. The molecule has 96 valence electrons. The number of furan rings is 1. The van der Waals surface area contributed by atoms with Crippen LogP contribution < -0.4 is 5.32 Å². The fraction of sp³-hybridized carbons (Fsp3) is 0.333. The summed E-state index contributed by atoms with van der Waals surface area (Å²) in [7, 11) is 0. The second-order valence-corrected chi connectivity index (χ2v) is 5.20. The molecule has 1 aromatic carbocycles. The van der Waals surface area contributed by atoms with Crippen molar-refractivity contribution in [3.05, 3.63) is 58.0 Å². The first-order chi connectivity index (χ1) is 8.69. The van der Waals surface area contributed by atoms with Crippen LogP contribution in [0, 0.1) is 0 Å². The van der Waals surface area contributed by atoms with Crippen molar-refractivity contribution in [2.45, 2.75) is 32.9 Å². The summed E-state index contributed by atoms with van der Waals surface area (Å²) in [5.41, 5.74) is 2.67. The first-order valence-electron chi connectivity index (χ1n) is 6.25. The molecule has 2 aromatic rings. The molecule has 0 fully saturated rings. The quantitative estimate of drug-likeness (QED) is 0.882. The predicted octanol–water partition coefficient (Wildman–Crippen LogP) is 4.46. The number of hydrogen-bond acceptors (Lipinski definition) is 2. The second kappa shape index (κ2) is 6.21. The van der Waals surface area contributed by atoms with Crippen LogP contribution in [0.4, 0.5) is 0 Å². The van der Waals surface area contributed by atoms with Crippen molar-refractivity contribution in [3.8, 4) is 0 Å². The highest BCUT2D eigenvalue weighted by Crippen LogP contribution is 2.20. The molecular weight excluding hydrogens is 290 g/mol. The highest BCUT2D eigenvalue weighted by atomic mass is 79.9. The van der Waals surface area contributed by atoms with Crippen LogP contribution in [0.2, 0.25) is 0 Å². The molecular formula is C15H18BrNO. The van der Waals surface area contributed by atoms with Gasteiger partial charge in [0.05, 0.1) is 6.04 Å². The van der Waals surface area contributed by atoms with Crippen molar-refractivity contribution in [2.24, 2.45) is 0 Å². The molecule has 1 heterocycles. The SMILES string of the molecule is CCc1ccc(CNC(C)c2ccc(Br)o2)cc1. The lowest BCUT2D eigenvalue weighted by Gasteiger charge is -2.11. The molecule has 0 spiro atoms. The number of hydrogen-bond donors (Lipinski definition) is 1. The van der Waals surface area contributed by atoms with E-state index in [-0.39, 0.29) is 6.04 Å². The van der Waals surface area contributed by atoms with Gasteiger partial charge >= 0.3 is 0 Å². The van der Waals surface area contributed by atoms with Gasteiger partial charge in [0.2, 0.25) is 0 Å². The van der Waals surface area contributed by atoms with Crippen LogP contribution in [-0.4, -0.2) is 0 Å². The minimum absolute atomic E-state index is 0.210. The second-order valence-electron chi connectivity index (χ2n) is 4.41. The fourth-order valence-corrected chi connectivity index (χ4v) is 2.14. The lowest BCUT2D eigenvalue weighted by Crippen LogP contribution is -2.17. The first kappa shape index (κ1) is 13.4. The van der Waals surface area contributed by atoms with E-state index in [1.165, 1.54) is 11.1 Å². The standard InChI is InChI=1S/C15H18BrNO/c1-3-12-4-6-13(7-5-12)10-17-11(2)14-8-9-15(16)18-14/h4-9,11,17H,3,10H2,1-2H3. The van der Waals surface area contributed by atoms with Crippen LogP contribution >= 0.6 is 15.9 Å². The van der Waals surface area contributed by atoms with Crippen LogP contribution in [0.15, 0.2) is 45.5 Å². The molecule has 1 N–H and O–H groups in total. The fourth-order valence-electron chi connectivity index (χ4n) is 1.83. The summed E-state index contributed by atoms with van der Waals surface area (Å²) in [6.07, 6.45) is 1.09. The largest absolute Gasteiger partial charge is 0.453 e. The molecule has 18 heavy (non-hydrogen) atoms. The minimum atomic E-state index is 0.210. The molecule has 3 heteroatoms. The van der Waals surface area contributed by atoms with Gasteiger partial charge in [-0.3, -0.25) is 0 Å². The molecule has 0 aliphatic heterocycles. The molecule has 0 aliphatic rings. The Morgan fingerprint density at radius 1 is 1.11 bits per heavy atom. The summed E-state index contributed by atoms with van der Waals surface area (Å²) in [5, 5.41) is 3.45. The number of rotatable bonds is 5. The summed E-state index contributed by atoms with van der Waals surface area (Å²) in [6.45, 7) is 5.12. The van der Waals surface area contributed by atoms with Crippen LogP contribution in [0.5, 0.6) is 0 Å². The lowest BCUT2D eigenvalue weighted by molar-refractivity contribution is 0.418. The van der Waals surface area contributed by atoms with Gasteiger partial charge in [0.15, 0.2) is 4.67 Å². The molecule has 1 atom stereocenters. The average Bonchev–Trinajstić information content (AvgIpc) is 2.83. The van der Waals surface area contributed by atoms with Crippen molar-refractivity contribution in [2.75, 3.05) is 0 Å². The predicted molar refractivity (Wildman–Crippen MR) is 77.5 cm³/mol. The molecule has 0 saturated carbocycles. The van der Waals surface area contributed by atoms with Crippen LogP contribution in [0.25, 0.3) is 0 Å². The number of benzene rings is 1. The van der Waals surface area contributed by atoms with E-state index in [2.05, 4.69) is 59.4 Å². The highest BCUT2D eigenvalue weighted by molar-refractivity contribution is 9.10. The van der Waals surface area contributed by atoms with Crippen molar-refractivity contribution in [1.82, 2.24) is 5.32 Å². The van der Waals surface area contributed by atoms with Crippen LogP contribution in [0.3, 0.4) is 0 Å². The monoisotopic (exact) mass is 307 g/mol. The van der Waals surface area contributed by atoms with Gasteiger partial charge in [0.1, 0.15) is 5.76 Å². The summed E-state index contributed by atoms with van der Waals surface area (Å²) in [5.74, 6) is 0.951. The Morgan fingerprint density at radius 2 is 1.78 bits per heavy atom. The molecule has 0 bridgehead atoms. The van der Waals surface area contributed by atoms with E-state index in [0.29, 0.717) is 0 Å². The summed E-state index contributed by atoms with van der Waals surface area (Å²) < 4.78 is 6.30. The van der Waals surface area contributed by atoms with Gasteiger partial charge in [-0.15, -0.1) is 0 Å².